The number of nitrogens with one attached hydrogen (secondary N) is 2. The van der Waals surface area contributed by atoms with Gasteiger partial charge in [-0.2, -0.15) is 0 Å². The van der Waals surface area contributed by atoms with Crippen LogP contribution in [0.3, 0.4) is 0 Å². The molecule has 0 atom stereocenters. The lowest BCUT2D eigenvalue weighted by atomic mass is 9.86. The number of piperidine rings is 1. The molecule has 1 amide bonds. The van der Waals surface area contributed by atoms with E-state index in [2.05, 4.69) is 14.5 Å². The molecule has 1 aliphatic carbocycles. The van der Waals surface area contributed by atoms with Crippen LogP contribution in [0.4, 0.5) is 0 Å². The molecule has 8 heteroatoms. The van der Waals surface area contributed by atoms with E-state index in [1.165, 1.54) is 0 Å². The standard InChI is InChI=1S/C23H30N6O2/c1-31-17-7-10-28(11-8-17)21(30)12-20-27-19-14-26-23-18(6-9-25-23)22(19)29(20)16-4-2-15(13-24)3-5-16/h6,9,13-17,24H,2-5,7-8,10-12H2,1H3,(H,25,26)/t15-,16-. The first-order chi connectivity index (χ1) is 15.2. The van der Waals surface area contributed by atoms with E-state index in [4.69, 9.17) is 15.1 Å². The molecule has 1 saturated heterocycles. The van der Waals surface area contributed by atoms with Gasteiger partial charge in [0.15, 0.2) is 0 Å². The van der Waals surface area contributed by atoms with Crippen LogP contribution in [0.25, 0.3) is 22.1 Å². The summed E-state index contributed by atoms with van der Waals surface area (Å²) < 4.78 is 7.76. The van der Waals surface area contributed by atoms with Gasteiger partial charge in [-0.15, -0.1) is 0 Å². The Kier molecular flexibility index (Phi) is 5.48. The highest BCUT2D eigenvalue weighted by Gasteiger charge is 2.29. The predicted octanol–water partition coefficient (Wildman–Crippen LogP) is 3.47. The number of nitrogens with zero attached hydrogens (tertiary/aromatic N) is 4. The minimum atomic E-state index is 0.137. The third-order valence-electron chi connectivity index (χ3n) is 7.09. The van der Waals surface area contributed by atoms with E-state index in [9.17, 15) is 4.79 Å². The molecule has 4 heterocycles. The quantitative estimate of drug-likeness (QED) is 0.615. The number of hydrogen-bond acceptors (Lipinski definition) is 5. The number of fused-ring (bicyclic) bond motifs is 3. The number of H-pyrrole nitrogens is 1. The van der Waals surface area contributed by atoms with Crippen molar-refractivity contribution in [2.45, 2.75) is 57.1 Å². The first kappa shape index (κ1) is 20.2. The van der Waals surface area contributed by atoms with E-state index in [0.29, 0.717) is 18.4 Å². The molecule has 3 aromatic rings. The van der Waals surface area contributed by atoms with Crippen molar-refractivity contribution >= 4 is 34.2 Å². The summed E-state index contributed by atoms with van der Waals surface area (Å²) in [6.07, 6.45) is 11.7. The fourth-order valence-corrected chi connectivity index (χ4v) is 5.27. The number of aromatic nitrogens is 4. The third-order valence-corrected chi connectivity index (χ3v) is 7.09. The molecule has 164 valence electrons. The van der Waals surface area contributed by atoms with Gasteiger partial charge in [-0.25, -0.2) is 9.97 Å². The first-order valence-corrected chi connectivity index (χ1v) is 11.3. The van der Waals surface area contributed by atoms with Crippen molar-refractivity contribution in [2.75, 3.05) is 20.2 Å². The number of aromatic amines is 1. The maximum absolute atomic E-state index is 13.2. The average molecular weight is 423 g/mol. The second kappa shape index (κ2) is 8.42. The van der Waals surface area contributed by atoms with Crippen LogP contribution in [0.1, 0.15) is 50.4 Å². The Bertz CT molecular complexity index is 1090. The van der Waals surface area contributed by atoms with Gasteiger partial charge in [0.05, 0.1) is 24.2 Å². The lowest BCUT2D eigenvalue weighted by Gasteiger charge is -2.32. The summed E-state index contributed by atoms with van der Waals surface area (Å²) in [5.74, 6) is 1.34. The van der Waals surface area contributed by atoms with E-state index in [1.54, 1.807) is 13.3 Å². The Morgan fingerprint density at radius 2 is 2.03 bits per heavy atom. The molecule has 31 heavy (non-hydrogen) atoms. The van der Waals surface area contributed by atoms with Gasteiger partial charge in [0.2, 0.25) is 5.91 Å². The topological polar surface area (TPSA) is 99.9 Å². The molecule has 1 saturated carbocycles. The number of carbonyl (C=O) groups is 1. The molecule has 2 N–H and O–H groups in total. The summed E-state index contributed by atoms with van der Waals surface area (Å²) in [6.45, 7) is 1.48. The maximum Gasteiger partial charge on any atom is 0.230 e. The highest BCUT2D eigenvalue weighted by atomic mass is 16.5. The molecule has 0 unspecified atom stereocenters. The normalized spacial score (nSPS) is 22.9. The highest BCUT2D eigenvalue weighted by Crippen LogP contribution is 2.36. The van der Waals surface area contributed by atoms with E-state index in [0.717, 1.165) is 79.5 Å². The summed E-state index contributed by atoms with van der Waals surface area (Å²) in [5.41, 5.74) is 2.77. The van der Waals surface area contributed by atoms with Gasteiger partial charge < -0.3 is 24.6 Å². The molecule has 1 aliphatic heterocycles. The lowest BCUT2D eigenvalue weighted by molar-refractivity contribution is -0.132. The van der Waals surface area contributed by atoms with Crippen LogP contribution in [-0.4, -0.2) is 62.8 Å². The predicted molar refractivity (Wildman–Crippen MR) is 119 cm³/mol. The van der Waals surface area contributed by atoms with Crippen LogP contribution >= 0.6 is 0 Å². The van der Waals surface area contributed by atoms with E-state index < -0.39 is 0 Å². The third kappa shape index (κ3) is 3.73. The largest absolute Gasteiger partial charge is 0.381 e. The number of amides is 1. The fraction of sp³-hybridized carbons (Fsp3) is 0.565. The van der Waals surface area contributed by atoms with Gasteiger partial charge in [0.1, 0.15) is 17.0 Å². The zero-order valence-electron chi connectivity index (χ0n) is 18.0. The van der Waals surface area contributed by atoms with Crippen molar-refractivity contribution in [1.29, 1.82) is 5.41 Å². The molecule has 8 nitrogen and oxygen atoms in total. The Morgan fingerprint density at radius 3 is 2.74 bits per heavy atom. The van der Waals surface area contributed by atoms with Crippen molar-refractivity contribution < 1.29 is 9.53 Å². The van der Waals surface area contributed by atoms with Crippen LogP contribution in [0.5, 0.6) is 0 Å². The van der Waals surface area contributed by atoms with Crippen LogP contribution in [0, 0.1) is 11.3 Å². The molecule has 0 radical (unpaired) electrons. The number of pyridine rings is 1. The zero-order chi connectivity index (χ0) is 21.4. The number of carbonyl (C=O) groups excluding carboxylic acids is 1. The Labute approximate surface area is 181 Å². The minimum Gasteiger partial charge on any atom is -0.381 e. The second-order valence-electron chi connectivity index (χ2n) is 8.86. The van der Waals surface area contributed by atoms with Crippen LogP contribution < -0.4 is 0 Å². The summed E-state index contributed by atoms with van der Waals surface area (Å²) in [5, 5.41) is 8.67. The van der Waals surface area contributed by atoms with Crippen LogP contribution in [0.2, 0.25) is 0 Å². The first-order valence-electron chi connectivity index (χ1n) is 11.3. The second-order valence-corrected chi connectivity index (χ2v) is 8.86. The summed E-state index contributed by atoms with van der Waals surface area (Å²) in [4.78, 5) is 27.7. The van der Waals surface area contributed by atoms with Gasteiger partial charge in [0.25, 0.3) is 0 Å². The molecule has 0 spiro atoms. The van der Waals surface area contributed by atoms with Crippen molar-refractivity contribution in [1.82, 2.24) is 24.4 Å². The number of ether oxygens (including phenoxy) is 1. The molecular formula is C23H30N6O2. The maximum atomic E-state index is 13.2. The van der Waals surface area contributed by atoms with E-state index in [1.807, 2.05) is 23.4 Å². The van der Waals surface area contributed by atoms with Crippen molar-refractivity contribution in [3.8, 4) is 0 Å². The van der Waals surface area contributed by atoms with Gasteiger partial charge in [0, 0.05) is 37.8 Å². The van der Waals surface area contributed by atoms with Gasteiger partial charge in [-0.3, -0.25) is 4.79 Å². The summed E-state index contributed by atoms with van der Waals surface area (Å²) in [7, 11) is 1.74. The van der Waals surface area contributed by atoms with Crippen molar-refractivity contribution in [3.63, 3.8) is 0 Å². The smallest absolute Gasteiger partial charge is 0.230 e. The average Bonchev–Trinajstić information content (AvgIpc) is 3.43. The van der Waals surface area contributed by atoms with E-state index in [-0.39, 0.29) is 12.0 Å². The van der Waals surface area contributed by atoms with Crippen molar-refractivity contribution in [2.24, 2.45) is 5.92 Å². The summed E-state index contributed by atoms with van der Waals surface area (Å²) >= 11 is 0. The molecule has 2 aliphatic rings. The fourth-order valence-electron chi connectivity index (χ4n) is 5.27. The van der Waals surface area contributed by atoms with Gasteiger partial charge >= 0.3 is 0 Å². The van der Waals surface area contributed by atoms with Crippen LogP contribution in [-0.2, 0) is 16.0 Å². The Morgan fingerprint density at radius 1 is 1.26 bits per heavy atom. The molecule has 0 aromatic carbocycles. The molecule has 3 aromatic heterocycles. The summed E-state index contributed by atoms with van der Waals surface area (Å²) in [6, 6.07) is 2.34. The van der Waals surface area contributed by atoms with Gasteiger partial charge in [-0.05, 0) is 56.7 Å². The monoisotopic (exact) mass is 422 g/mol. The Balaban J connectivity index is 1.48. The van der Waals surface area contributed by atoms with Crippen molar-refractivity contribution in [3.05, 3.63) is 24.3 Å². The van der Waals surface area contributed by atoms with Gasteiger partial charge in [-0.1, -0.05) is 0 Å². The van der Waals surface area contributed by atoms with E-state index >= 15 is 0 Å². The Hall–Kier alpha value is -2.74. The molecule has 2 fully saturated rings. The number of imidazole rings is 1. The highest BCUT2D eigenvalue weighted by molar-refractivity contribution is 6.01. The number of hydrogen-bond donors (Lipinski definition) is 2. The SMILES string of the molecule is COC1CCN(C(=O)Cc2nc3cnc4[nH]ccc4c3n2[C@H]2CC[C@H](C=N)CC2)CC1. The molecule has 0 bridgehead atoms. The van der Waals surface area contributed by atoms with Crippen LogP contribution in [0.15, 0.2) is 18.5 Å². The lowest BCUT2D eigenvalue weighted by Crippen LogP contribution is -2.41. The number of methoxy groups -OCH3 is 1. The zero-order valence-corrected chi connectivity index (χ0v) is 18.0. The molecular weight excluding hydrogens is 392 g/mol. The number of rotatable bonds is 5. The number of likely N-dealkylation sites (tertiary alicyclic amines) is 1. The minimum absolute atomic E-state index is 0.137. The molecule has 5 rings (SSSR count).